The van der Waals surface area contributed by atoms with Crippen molar-refractivity contribution in [1.29, 1.82) is 0 Å². The fourth-order valence-electron chi connectivity index (χ4n) is 4.72. The Morgan fingerprint density at radius 1 is 0.737 bits per heavy atom. The predicted octanol–water partition coefficient (Wildman–Crippen LogP) is 2.80. The third-order valence-electron chi connectivity index (χ3n) is 5.63. The molecule has 2 bridgehead atoms. The SMILES string of the molecule is O=C1C2=C(C(=O)N1C1CCCCCC1)C1CCC2C1. The number of fused-ring (bicyclic) bond motifs is 4. The van der Waals surface area contributed by atoms with Gasteiger partial charge in [-0.3, -0.25) is 14.5 Å². The summed E-state index contributed by atoms with van der Waals surface area (Å²) in [4.78, 5) is 26.9. The molecule has 2 atom stereocenters. The third kappa shape index (κ3) is 1.56. The van der Waals surface area contributed by atoms with E-state index >= 15 is 0 Å². The molecule has 0 aromatic carbocycles. The van der Waals surface area contributed by atoms with Crippen molar-refractivity contribution < 1.29 is 9.59 Å². The maximum Gasteiger partial charge on any atom is 0.257 e. The minimum Gasteiger partial charge on any atom is -0.272 e. The van der Waals surface area contributed by atoms with E-state index < -0.39 is 0 Å². The predicted molar refractivity (Wildman–Crippen MR) is 71.2 cm³/mol. The number of imide groups is 1. The summed E-state index contributed by atoms with van der Waals surface area (Å²) in [5, 5.41) is 0. The Morgan fingerprint density at radius 2 is 1.26 bits per heavy atom. The lowest BCUT2D eigenvalue weighted by Crippen LogP contribution is -2.42. The zero-order chi connectivity index (χ0) is 13.0. The van der Waals surface area contributed by atoms with Gasteiger partial charge in [-0.2, -0.15) is 0 Å². The van der Waals surface area contributed by atoms with Gasteiger partial charge < -0.3 is 0 Å². The highest BCUT2D eigenvalue weighted by Crippen LogP contribution is 2.52. The number of nitrogens with zero attached hydrogens (tertiary/aromatic N) is 1. The highest BCUT2D eigenvalue weighted by atomic mass is 16.2. The number of amides is 2. The molecule has 0 saturated heterocycles. The topological polar surface area (TPSA) is 37.4 Å². The van der Waals surface area contributed by atoms with Crippen LogP contribution in [0.15, 0.2) is 11.1 Å². The molecule has 3 aliphatic carbocycles. The van der Waals surface area contributed by atoms with E-state index in [1.807, 2.05) is 0 Å². The van der Waals surface area contributed by atoms with Gasteiger partial charge >= 0.3 is 0 Å². The number of carbonyl (C=O) groups is 2. The standard InChI is InChI=1S/C16H21NO2/c18-15-13-10-7-8-11(9-10)14(13)16(19)17(15)12-5-3-1-2-4-6-12/h10-12H,1-9H2. The van der Waals surface area contributed by atoms with Crippen LogP contribution in [0.5, 0.6) is 0 Å². The van der Waals surface area contributed by atoms with E-state index in [0.717, 1.165) is 43.3 Å². The molecule has 1 aliphatic heterocycles. The van der Waals surface area contributed by atoms with E-state index in [9.17, 15) is 9.59 Å². The van der Waals surface area contributed by atoms with Gasteiger partial charge in [-0.25, -0.2) is 0 Å². The number of rotatable bonds is 1. The molecule has 2 amide bonds. The van der Waals surface area contributed by atoms with Gasteiger partial charge in [-0.1, -0.05) is 25.7 Å². The second kappa shape index (κ2) is 4.19. The minimum atomic E-state index is 0.0825. The summed E-state index contributed by atoms with van der Waals surface area (Å²) >= 11 is 0. The first-order valence-electron chi connectivity index (χ1n) is 7.89. The Balaban J connectivity index is 1.63. The lowest BCUT2D eigenvalue weighted by atomic mass is 9.93. The molecule has 0 aromatic rings. The van der Waals surface area contributed by atoms with Crippen LogP contribution >= 0.6 is 0 Å². The van der Waals surface area contributed by atoms with Crippen molar-refractivity contribution in [3.8, 4) is 0 Å². The molecule has 2 saturated carbocycles. The Morgan fingerprint density at radius 3 is 1.79 bits per heavy atom. The van der Waals surface area contributed by atoms with Gasteiger partial charge in [-0.05, 0) is 43.9 Å². The van der Waals surface area contributed by atoms with Crippen LogP contribution in [-0.2, 0) is 9.59 Å². The summed E-state index contributed by atoms with van der Waals surface area (Å²) in [6, 6.07) is 0.187. The van der Waals surface area contributed by atoms with Crippen molar-refractivity contribution in [3.63, 3.8) is 0 Å². The van der Waals surface area contributed by atoms with Crippen molar-refractivity contribution in [2.45, 2.75) is 63.8 Å². The third-order valence-corrected chi connectivity index (χ3v) is 5.63. The van der Waals surface area contributed by atoms with E-state index in [4.69, 9.17) is 0 Å². The summed E-state index contributed by atoms with van der Waals surface area (Å²) < 4.78 is 0. The zero-order valence-corrected chi connectivity index (χ0v) is 11.4. The van der Waals surface area contributed by atoms with E-state index in [1.54, 1.807) is 4.90 Å². The van der Waals surface area contributed by atoms with Crippen LogP contribution in [-0.4, -0.2) is 22.8 Å². The lowest BCUT2D eigenvalue weighted by molar-refractivity contribution is -0.141. The first kappa shape index (κ1) is 11.7. The normalized spacial score (nSPS) is 35.3. The van der Waals surface area contributed by atoms with Crippen molar-refractivity contribution in [2.75, 3.05) is 0 Å². The molecule has 4 aliphatic rings. The molecule has 102 valence electrons. The molecule has 4 rings (SSSR count). The highest BCUT2D eigenvalue weighted by molar-refractivity contribution is 6.20. The Hall–Kier alpha value is -1.12. The first-order valence-corrected chi connectivity index (χ1v) is 7.89. The number of hydrogen-bond acceptors (Lipinski definition) is 2. The van der Waals surface area contributed by atoms with Crippen LogP contribution in [0.3, 0.4) is 0 Å². The maximum absolute atomic E-state index is 12.6. The summed E-state index contributed by atoms with van der Waals surface area (Å²) in [6.45, 7) is 0. The molecule has 2 unspecified atom stereocenters. The average Bonchev–Trinajstić information content (AvgIpc) is 3.00. The quantitative estimate of drug-likeness (QED) is 0.536. The van der Waals surface area contributed by atoms with Crippen LogP contribution in [0.4, 0.5) is 0 Å². The molecule has 0 spiro atoms. The van der Waals surface area contributed by atoms with Crippen LogP contribution in [0, 0.1) is 11.8 Å². The van der Waals surface area contributed by atoms with Crippen molar-refractivity contribution in [1.82, 2.24) is 4.90 Å². The number of likely N-dealkylation sites (tertiary alicyclic amines) is 1. The summed E-state index contributed by atoms with van der Waals surface area (Å²) in [5.74, 6) is 0.984. The molecule has 19 heavy (non-hydrogen) atoms. The van der Waals surface area contributed by atoms with Crippen molar-refractivity contribution in [2.24, 2.45) is 11.8 Å². The van der Waals surface area contributed by atoms with Crippen LogP contribution < -0.4 is 0 Å². The van der Waals surface area contributed by atoms with Crippen LogP contribution in [0.2, 0.25) is 0 Å². The van der Waals surface area contributed by atoms with Gasteiger partial charge in [0.15, 0.2) is 0 Å². The first-order chi connectivity index (χ1) is 9.27. The molecular weight excluding hydrogens is 238 g/mol. The molecule has 2 fully saturated rings. The highest BCUT2D eigenvalue weighted by Gasteiger charge is 2.53. The van der Waals surface area contributed by atoms with Gasteiger partial charge in [0.2, 0.25) is 0 Å². The van der Waals surface area contributed by atoms with Crippen molar-refractivity contribution >= 4 is 11.8 Å². The van der Waals surface area contributed by atoms with Gasteiger partial charge in [0, 0.05) is 17.2 Å². The second-order valence-corrected chi connectivity index (χ2v) is 6.66. The van der Waals surface area contributed by atoms with E-state index in [0.29, 0.717) is 11.8 Å². The van der Waals surface area contributed by atoms with Gasteiger partial charge in [-0.15, -0.1) is 0 Å². The van der Waals surface area contributed by atoms with E-state index in [2.05, 4.69) is 0 Å². The maximum atomic E-state index is 12.6. The smallest absolute Gasteiger partial charge is 0.257 e. The molecule has 0 N–H and O–H groups in total. The summed E-state index contributed by atoms with van der Waals surface area (Å²) in [6.07, 6.45) is 10.2. The molecule has 1 heterocycles. The molecule has 3 nitrogen and oxygen atoms in total. The zero-order valence-electron chi connectivity index (χ0n) is 11.4. The minimum absolute atomic E-state index is 0.0825. The van der Waals surface area contributed by atoms with Crippen LogP contribution in [0.25, 0.3) is 0 Å². The van der Waals surface area contributed by atoms with Gasteiger partial charge in [0.25, 0.3) is 11.8 Å². The molecule has 0 aromatic heterocycles. The Bertz CT molecular complexity index is 439. The molecular formula is C16H21NO2. The second-order valence-electron chi connectivity index (χ2n) is 6.66. The van der Waals surface area contributed by atoms with Crippen LogP contribution in [0.1, 0.15) is 57.8 Å². The lowest BCUT2D eigenvalue weighted by Gasteiger charge is -2.27. The fourth-order valence-corrected chi connectivity index (χ4v) is 4.72. The summed E-state index contributed by atoms with van der Waals surface area (Å²) in [5.41, 5.74) is 1.84. The van der Waals surface area contributed by atoms with Crippen molar-refractivity contribution in [3.05, 3.63) is 11.1 Å². The molecule has 3 heteroatoms. The van der Waals surface area contributed by atoms with E-state index in [1.165, 1.54) is 25.7 Å². The summed E-state index contributed by atoms with van der Waals surface area (Å²) in [7, 11) is 0. The monoisotopic (exact) mass is 259 g/mol. The number of carbonyl (C=O) groups excluding carboxylic acids is 2. The van der Waals surface area contributed by atoms with E-state index in [-0.39, 0.29) is 17.9 Å². The fraction of sp³-hybridized carbons (Fsp3) is 0.750. The number of hydrogen-bond donors (Lipinski definition) is 0. The Kier molecular flexibility index (Phi) is 2.58. The molecule has 0 radical (unpaired) electrons. The van der Waals surface area contributed by atoms with Gasteiger partial charge in [0.1, 0.15) is 0 Å². The van der Waals surface area contributed by atoms with Gasteiger partial charge in [0.05, 0.1) is 0 Å². The largest absolute Gasteiger partial charge is 0.272 e. The average molecular weight is 259 g/mol. The Labute approximate surface area is 114 Å².